The summed E-state index contributed by atoms with van der Waals surface area (Å²) in [5.41, 5.74) is 0. The van der Waals surface area contributed by atoms with Crippen LogP contribution in [0, 0.1) is 0 Å². The highest BCUT2D eigenvalue weighted by atomic mass is 35.5. The molecule has 4 nitrogen and oxygen atoms in total. The smallest absolute Gasteiger partial charge is 0.236 e. The van der Waals surface area contributed by atoms with Gasteiger partial charge in [0.1, 0.15) is 0 Å². The summed E-state index contributed by atoms with van der Waals surface area (Å²) in [7, 11) is 0. The van der Waals surface area contributed by atoms with E-state index >= 15 is 0 Å². The van der Waals surface area contributed by atoms with Crippen molar-refractivity contribution in [2.45, 2.75) is 58.0 Å². The molecule has 2 aliphatic rings. The van der Waals surface area contributed by atoms with Crippen LogP contribution in [0.1, 0.15) is 46.0 Å². The zero-order valence-electron chi connectivity index (χ0n) is 12.9. The molecule has 5 heteroatoms. The first kappa shape index (κ1) is 17.7. The molecule has 0 bridgehead atoms. The lowest BCUT2D eigenvalue weighted by Crippen LogP contribution is -2.54. The molecule has 1 unspecified atom stereocenters. The van der Waals surface area contributed by atoms with Crippen LogP contribution in [0.2, 0.25) is 0 Å². The Balaban J connectivity index is 0.00000200. The molecule has 20 heavy (non-hydrogen) atoms. The number of carbonyl (C=O) groups is 1. The molecule has 118 valence electrons. The Morgan fingerprint density at radius 2 is 2.00 bits per heavy atom. The maximum atomic E-state index is 12.6. The predicted octanol–water partition coefficient (Wildman–Crippen LogP) is 1.88. The SMILES string of the molecule is CCN(C(=O)CN1CCNCC1C)C1CCCCC1.Cl. The van der Waals surface area contributed by atoms with Gasteiger partial charge in [-0.05, 0) is 26.7 Å². The first-order valence-electron chi connectivity index (χ1n) is 7.96. The second-order valence-corrected chi connectivity index (χ2v) is 6.00. The van der Waals surface area contributed by atoms with Crippen molar-refractivity contribution in [3.05, 3.63) is 0 Å². The average molecular weight is 304 g/mol. The summed E-state index contributed by atoms with van der Waals surface area (Å²) in [5.74, 6) is 0.336. The van der Waals surface area contributed by atoms with Crippen molar-refractivity contribution in [3.8, 4) is 0 Å². The fourth-order valence-electron chi connectivity index (χ4n) is 3.41. The minimum Gasteiger partial charge on any atom is -0.339 e. The summed E-state index contributed by atoms with van der Waals surface area (Å²) in [6, 6.07) is 0.979. The Morgan fingerprint density at radius 1 is 1.30 bits per heavy atom. The molecule has 1 atom stereocenters. The molecule has 0 spiro atoms. The molecule has 1 aliphatic heterocycles. The van der Waals surface area contributed by atoms with Crippen molar-refractivity contribution in [2.24, 2.45) is 0 Å². The average Bonchev–Trinajstić information content (AvgIpc) is 2.43. The Labute approximate surface area is 129 Å². The van der Waals surface area contributed by atoms with Gasteiger partial charge < -0.3 is 10.2 Å². The van der Waals surface area contributed by atoms with Crippen LogP contribution < -0.4 is 5.32 Å². The maximum absolute atomic E-state index is 12.6. The Hall–Kier alpha value is -0.320. The van der Waals surface area contributed by atoms with Gasteiger partial charge >= 0.3 is 0 Å². The molecule has 1 saturated carbocycles. The molecule has 0 aromatic rings. The van der Waals surface area contributed by atoms with Gasteiger partial charge in [0.05, 0.1) is 6.54 Å². The minimum atomic E-state index is 0. The second kappa shape index (κ2) is 8.85. The zero-order valence-corrected chi connectivity index (χ0v) is 13.8. The predicted molar refractivity (Wildman–Crippen MR) is 85.4 cm³/mol. The van der Waals surface area contributed by atoms with Crippen molar-refractivity contribution in [2.75, 3.05) is 32.7 Å². The molecule has 1 aliphatic carbocycles. The molecular weight excluding hydrogens is 274 g/mol. The first-order chi connectivity index (χ1) is 9.22. The van der Waals surface area contributed by atoms with E-state index in [9.17, 15) is 4.79 Å². The molecule has 1 saturated heterocycles. The highest BCUT2D eigenvalue weighted by molar-refractivity contribution is 5.85. The van der Waals surface area contributed by atoms with Crippen LogP contribution in [0.5, 0.6) is 0 Å². The highest BCUT2D eigenvalue weighted by Gasteiger charge is 2.27. The van der Waals surface area contributed by atoms with Crippen molar-refractivity contribution < 1.29 is 4.79 Å². The van der Waals surface area contributed by atoms with E-state index in [1.807, 2.05) is 0 Å². The van der Waals surface area contributed by atoms with E-state index in [-0.39, 0.29) is 12.4 Å². The maximum Gasteiger partial charge on any atom is 0.236 e. The Bertz CT molecular complexity index is 295. The number of hydrogen-bond acceptors (Lipinski definition) is 3. The third-order valence-electron chi connectivity index (χ3n) is 4.65. The Kier molecular flexibility index (Phi) is 7.85. The van der Waals surface area contributed by atoms with Gasteiger partial charge in [-0.15, -0.1) is 12.4 Å². The fourth-order valence-corrected chi connectivity index (χ4v) is 3.41. The monoisotopic (exact) mass is 303 g/mol. The second-order valence-electron chi connectivity index (χ2n) is 6.00. The quantitative estimate of drug-likeness (QED) is 0.861. The van der Waals surface area contributed by atoms with Crippen LogP contribution in [0.4, 0.5) is 0 Å². The van der Waals surface area contributed by atoms with E-state index in [4.69, 9.17) is 0 Å². The molecule has 0 aromatic heterocycles. The van der Waals surface area contributed by atoms with Gasteiger partial charge in [-0.25, -0.2) is 0 Å². The molecule has 2 rings (SSSR count). The normalized spacial score (nSPS) is 25.0. The van der Waals surface area contributed by atoms with Crippen molar-refractivity contribution in [3.63, 3.8) is 0 Å². The number of nitrogens with one attached hydrogen (secondary N) is 1. The number of amides is 1. The fraction of sp³-hybridized carbons (Fsp3) is 0.933. The summed E-state index contributed by atoms with van der Waals surface area (Å²) in [6.45, 7) is 8.80. The molecule has 0 radical (unpaired) electrons. The lowest BCUT2D eigenvalue weighted by atomic mass is 9.94. The standard InChI is InChI=1S/C15H29N3O.ClH/c1-3-18(14-7-5-4-6-8-14)15(19)12-17-10-9-16-11-13(17)2;/h13-14,16H,3-12H2,1-2H3;1H. The molecular formula is C15H30ClN3O. The third kappa shape index (κ3) is 4.61. The number of carbonyl (C=O) groups excluding carboxylic acids is 1. The number of rotatable bonds is 4. The van der Waals surface area contributed by atoms with E-state index in [1.165, 1.54) is 32.1 Å². The van der Waals surface area contributed by atoms with Crippen molar-refractivity contribution >= 4 is 18.3 Å². The van der Waals surface area contributed by atoms with Crippen LogP contribution >= 0.6 is 12.4 Å². The topological polar surface area (TPSA) is 35.6 Å². The number of nitrogens with zero attached hydrogens (tertiary/aromatic N) is 2. The van der Waals surface area contributed by atoms with Gasteiger partial charge in [-0.1, -0.05) is 19.3 Å². The third-order valence-corrected chi connectivity index (χ3v) is 4.65. The van der Waals surface area contributed by atoms with Gasteiger partial charge in [-0.3, -0.25) is 9.69 Å². The lowest BCUT2D eigenvalue weighted by molar-refractivity contribution is -0.135. The van der Waals surface area contributed by atoms with Gasteiger partial charge in [0.25, 0.3) is 0 Å². The summed E-state index contributed by atoms with van der Waals surface area (Å²) in [5, 5.41) is 3.38. The van der Waals surface area contributed by atoms with Gasteiger partial charge in [0.15, 0.2) is 0 Å². The summed E-state index contributed by atoms with van der Waals surface area (Å²) in [4.78, 5) is 17.0. The molecule has 2 fully saturated rings. The van der Waals surface area contributed by atoms with Gasteiger partial charge in [-0.2, -0.15) is 0 Å². The zero-order chi connectivity index (χ0) is 13.7. The number of halogens is 1. The largest absolute Gasteiger partial charge is 0.339 e. The number of likely N-dealkylation sites (N-methyl/N-ethyl adjacent to an activating group) is 1. The number of piperazine rings is 1. The van der Waals surface area contributed by atoms with E-state index < -0.39 is 0 Å². The van der Waals surface area contributed by atoms with Gasteiger partial charge in [0, 0.05) is 38.3 Å². The highest BCUT2D eigenvalue weighted by Crippen LogP contribution is 2.22. The minimum absolute atomic E-state index is 0. The summed E-state index contributed by atoms with van der Waals surface area (Å²) < 4.78 is 0. The molecule has 1 N–H and O–H groups in total. The van der Waals surface area contributed by atoms with E-state index in [2.05, 4.69) is 29.0 Å². The summed E-state index contributed by atoms with van der Waals surface area (Å²) in [6.07, 6.45) is 6.33. The molecule has 0 aromatic carbocycles. The van der Waals surface area contributed by atoms with E-state index in [1.54, 1.807) is 0 Å². The van der Waals surface area contributed by atoms with Crippen LogP contribution in [-0.4, -0.2) is 60.5 Å². The lowest BCUT2D eigenvalue weighted by Gasteiger charge is -2.38. The van der Waals surface area contributed by atoms with Gasteiger partial charge in [0.2, 0.25) is 5.91 Å². The van der Waals surface area contributed by atoms with Crippen LogP contribution in [0.15, 0.2) is 0 Å². The van der Waals surface area contributed by atoms with Crippen LogP contribution in [0.3, 0.4) is 0 Å². The first-order valence-corrected chi connectivity index (χ1v) is 7.96. The van der Waals surface area contributed by atoms with Crippen LogP contribution in [0.25, 0.3) is 0 Å². The molecule has 1 heterocycles. The van der Waals surface area contributed by atoms with Crippen molar-refractivity contribution in [1.29, 1.82) is 0 Å². The summed E-state index contributed by atoms with van der Waals surface area (Å²) >= 11 is 0. The van der Waals surface area contributed by atoms with Crippen molar-refractivity contribution in [1.82, 2.24) is 15.1 Å². The Morgan fingerprint density at radius 3 is 2.60 bits per heavy atom. The van der Waals surface area contributed by atoms with E-state index in [0.29, 0.717) is 24.5 Å². The van der Waals surface area contributed by atoms with Crippen LogP contribution in [-0.2, 0) is 4.79 Å². The van der Waals surface area contributed by atoms with E-state index in [0.717, 1.165) is 26.2 Å². The number of hydrogen-bond donors (Lipinski definition) is 1. The molecule has 1 amide bonds.